The van der Waals surface area contributed by atoms with E-state index in [1.165, 1.54) is 0 Å². The topological polar surface area (TPSA) is 72.2 Å². The highest BCUT2D eigenvalue weighted by Gasteiger charge is 2.05. The summed E-state index contributed by atoms with van der Waals surface area (Å²) in [5, 5.41) is 2.68. The SMILES string of the molecule is Cl.NCCNC(=O)CCCS(=O)c1ccc(Br)cc1. The molecule has 0 aromatic heterocycles. The summed E-state index contributed by atoms with van der Waals surface area (Å²) in [4.78, 5) is 12.1. The summed E-state index contributed by atoms with van der Waals surface area (Å²) in [6.07, 6.45) is 1.00. The van der Waals surface area contributed by atoms with Gasteiger partial charge in [0.05, 0.1) is 10.8 Å². The van der Waals surface area contributed by atoms with E-state index >= 15 is 0 Å². The molecule has 7 heteroatoms. The number of carbonyl (C=O) groups excluding carboxylic acids is 1. The molecule has 0 spiro atoms. The van der Waals surface area contributed by atoms with Gasteiger partial charge in [0.25, 0.3) is 0 Å². The largest absolute Gasteiger partial charge is 0.355 e. The second-order valence-corrected chi connectivity index (χ2v) is 6.23. The molecular formula is C12H18BrClN2O2S. The molecule has 0 aliphatic heterocycles. The lowest BCUT2D eigenvalue weighted by Crippen LogP contribution is -2.28. The minimum Gasteiger partial charge on any atom is -0.355 e. The molecule has 3 N–H and O–H groups in total. The number of halogens is 2. The van der Waals surface area contributed by atoms with Gasteiger partial charge in [0.1, 0.15) is 0 Å². The van der Waals surface area contributed by atoms with Crippen LogP contribution in [0.2, 0.25) is 0 Å². The fraction of sp³-hybridized carbons (Fsp3) is 0.417. The van der Waals surface area contributed by atoms with Crippen LogP contribution in [0.5, 0.6) is 0 Å². The maximum atomic E-state index is 11.9. The van der Waals surface area contributed by atoms with Gasteiger partial charge in [-0.1, -0.05) is 15.9 Å². The van der Waals surface area contributed by atoms with Crippen LogP contribution in [0.1, 0.15) is 12.8 Å². The normalized spacial score (nSPS) is 11.5. The molecule has 1 aromatic carbocycles. The van der Waals surface area contributed by atoms with Crippen molar-refractivity contribution in [3.8, 4) is 0 Å². The smallest absolute Gasteiger partial charge is 0.220 e. The number of amides is 1. The zero-order valence-electron chi connectivity index (χ0n) is 10.4. The van der Waals surface area contributed by atoms with Gasteiger partial charge in [-0.05, 0) is 30.7 Å². The zero-order valence-corrected chi connectivity index (χ0v) is 13.7. The second kappa shape index (κ2) is 10.4. The molecule has 4 nitrogen and oxygen atoms in total. The molecular weight excluding hydrogens is 352 g/mol. The number of nitrogens with one attached hydrogen (secondary N) is 1. The molecule has 1 rings (SSSR count). The van der Waals surface area contributed by atoms with E-state index in [1.54, 1.807) is 0 Å². The van der Waals surface area contributed by atoms with Crippen LogP contribution in [-0.2, 0) is 15.6 Å². The predicted molar refractivity (Wildman–Crippen MR) is 84.0 cm³/mol. The fourth-order valence-corrected chi connectivity index (χ4v) is 2.71. The van der Waals surface area contributed by atoms with Crippen molar-refractivity contribution in [1.82, 2.24) is 5.32 Å². The quantitative estimate of drug-likeness (QED) is 0.770. The van der Waals surface area contributed by atoms with E-state index in [0.717, 1.165) is 9.37 Å². The summed E-state index contributed by atoms with van der Waals surface area (Å²) in [6.45, 7) is 0.936. The van der Waals surface area contributed by atoms with Crippen LogP contribution in [0.3, 0.4) is 0 Å². The number of hydrogen-bond donors (Lipinski definition) is 2. The number of benzene rings is 1. The Balaban J connectivity index is 0.00000324. The van der Waals surface area contributed by atoms with E-state index in [1.807, 2.05) is 24.3 Å². The van der Waals surface area contributed by atoms with Gasteiger partial charge in [-0.2, -0.15) is 0 Å². The van der Waals surface area contributed by atoms with Crippen molar-refractivity contribution in [2.45, 2.75) is 17.7 Å². The molecule has 1 unspecified atom stereocenters. The van der Waals surface area contributed by atoms with Gasteiger partial charge in [0, 0.05) is 34.6 Å². The van der Waals surface area contributed by atoms with Crippen LogP contribution < -0.4 is 11.1 Å². The van der Waals surface area contributed by atoms with Crippen LogP contribution >= 0.6 is 28.3 Å². The van der Waals surface area contributed by atoms with Crippen molar-refractivity contribution < 1.29 is 9.00 Å². The number of rotatable bonds is 7. The molecule has 0 saturated carbocycles. The lowest BCUT2D eigenvalue weighted by atomic mass is 10.3. The molecule has 0 aliphatic carbocycles. The highest BCUT2D eigenvalue weighted by atomic mass is 79.9. The second-order valence-electron chi connectivity index (χ2n) is 3.75. The summed E-state index contributed by atoms with van der Waals surface area (Å²) in [7, 11) is -1.04. The molecule has 1 aromatic rings. The molecule has 0 heterocycles. The maximum absolute atomic E-state index is 11.9. The molecule has 0 fully saturated rings. The predicted octanol–water partition coefficient (Wildman–Crippen LogP) is 1.83. The van der Waals surface area contributed by atoms with Gasteiger partial charge in [-0.3, -0.25) is 9.00 Å². The Labute approximate surface area is 130 Å². The van der Waals surface area contributed by atoms with Crippen molar-refractivity contribution in [3.05, 3.63) is 28.7 Å². The highest BCUT2D eigenvalue weighted by Crippen LogP contribution is 2.14. The first kappa shape index (κ1) is 18.6. The Morgan fingerprint density at radius 2 is 1.95 bits per heavy atom. The zero-order chi connectivity index (χ0) is 13.4. The molecule has 19 heavy (non-hydrogen) atoms. The first-order chi connectivity index (χ1) is 8.63. The third kappa shape index (κ3) is 7.67. The monoisotopic (exact) mass is 368 g/mol. The lowest BCUT2D eigenvalue weighted by molar-refractivity contribution is -0.121. The molecule has 108 valence electrons. The Morgan fingerprint density at radius 1 is 1.32 bits per heavy atom. The summed E-state index contributed by atoms with van der Waals surface area (Å²) >= 11 is 3.33. The minimum absolute atomic E-state index is 0. The van der Waals surface area contributed by atoms with Crippen molar-refractivity contribution in [2.24, 2.45) is 5.73 Å². The maximum Gasteiger partial charge on any atom is 0.220 e. The van der Waals surface area contributed by atoms with Gasteiger partial charge in [-0.15, -0.1) is 12.4 Å². The lowest BCUT2D eigenvalue weighted by Gasteiger charge is -2.04. The Bertz CT molecular complexity index is 415. The van der Waals surface area contributed by atoms with Gasteiger partial charge in [0.15, 0.2) is 0 Å². The minimum atomic E-state index is -1.04. The molecule has 1 atom stereocenters. The molecule has 0 saturated heterocycles. The third-order valence-electron chi connectivity index (χ3n) is 2.28. The van der Waals surface area contributed by atoms with Crippen LogP contribution in [0, 0.1) is 0 Å². The summed E-state index contributed by atoms with van der Waals surface area (Å²) in [6, 6.07) is 7.38. The van der Waals surface area contributed by atoms with Crippen LogP contribution in [0.15, 0.2) is 33.6 Å². The first-order valence-corrected chi connectivity index (χ1v) is 7.85. The molecule has 1 amide bonds. The summed E-state index contributed by atoms with van der Waals surface area (Å²) < 4.78 is 12.9. The number of nitrogens with two attached hydrogens (primary N) is 1. The average molecular weight is 370 g/mol. The summed E-state index contributed by atoms with van der Waals surface area (Å²) in [5.74, 6) is 0.464. The summed E-state index contributed by atoms with van der Waals surface area (Å²) in [5.41, 5.74) is 5.27. The Morgan fingerprint density at radius 3 is 2.53 bits per heavy atom. The van der Waals surface area contributed by atoms with E-state index in [4.69, 9.17) is 5.73 Å². The highest BCUT2D eigenvalue weighted by molar-refractivity contribution is 9.10. The number of carbonyl (C=O) groups is 1. The van der Waals surface area contributed by atoms with E-state index in [2.05, 4.69) is 21.2 Å². The van der Waals surface area contributed by atoms with Crippen LogP contribution in [0.25, 0.3) is 0 Å². The Hall–Kier alpha value is -0.430. The van der Waals surface area contributed by atoms with Crippen molar-refractivity contribution in [3.63, 3.8) is 0 Å². The Kier molecular flexibility index (Phi) is 10.1. The van der Waals surface area contributed by atoms with E-state index < -0.39 is 10.8 Å². The van der Waals surface area contributed by atoms with Crippen LogP contribution in [0.4, 0.5) is 0 Å². The van der Waals surface area contributed by atoms with E-state index in [0.29, 0.717) is 31.7 Å². The molecule has 0 radical (unpaired) electrons. The van der Waals surface area contributed by atoms with Gasteiger partial charge < -0.3 is 11.1 Å². The van der Waals surface area contributed by atoms with Gasteiger partial charge in [0.2, 0.25) is 5.91 Å². The fourth-order valence-electron chi connectivity index (χ4n) is 1.37. The first-order valence-electron chi connectivity index (χ1n) is 5.74. The van der Waals surface area contributed by atoms with Crippen molar-refractivity contribution in [2.75, 3.05) is 18.8 Å². The molecule has 0 aliphatic rings. The van der Waals surface area contributed by atoms with E-state index in [9.17, 15) is 9.00 Å². The molecule has 0 bridgehead atoms. The average Bonchev–Trinajstić information content (AvgIpc) is 2.37. The van der Waals surface area contributed by atoms with Crippen molar-refractivity contribution >= 4 is 45.0 Å². The van der Waals surface area contributed by atoms with Crippen LogP contribution in [-0.4, -0.2) is 29.0 Å². The number of hydrogen-bond acceptors (Lipinski definition) is 3. The van der Waals surface area contributed by atoms with E-state index in [-0.39, 0.29) is 18.3 Å². The standard InChI is InChI=1S/C12H17BrN2O2S.ClH/c13-10-3-5-11(6-4-10)18(17)9-1-2-12(16)15-8-7-14;/h3-6H,1-2,7-9,14H2,(H,15,16);1H. The van der Waals surface area contributed by atoms with Gasteiger partial charge >= 0.3 is 0 Å². The third-order valence-corrected chi connectivity index (χ3v) is 4.26. The van der Waals surface area contributed by atoms with Crippen molar-refractivity contribution in [1.29, 1.82) is 0 Å². The van der Waals surface area contributed by atoms with Gasteiger partial charge in [-0.25, -0.2) is 0 Å².